The van der Waals surface area contributed by atoms with E-state index < -0.39 is 32.8 Å². The molecule has 0 aliphatic carbocycles. The fraction of sp³-hybridized carbons (Fsp3) is 0.143. The molecular formula is C7H4F2O5S. The highest BCUT2D eigenvalue weighted by molar-refractivity contribution is 7.86. The van der Waals surface area contributed by atoms with Gasteiger partial charge in [0, 0.05) is 0 Å². The molecule has 0 amide bonds. The van der Waals surface area contributed by atoms with Gasteiger partial charge in [0.1, 0.15) is 4.90 Å². The van der Waals surface area contributed by atoms with Crippen LogP contribution in [0.5, 0.6) is 11.5 Å². The smallest absolute Gasteiger partial charge is 0.395 e. The van der Waals surface area contributed by atoms with E-state index in [2.05, 4.69) is 9.47 Å². The molecular weight excluding hydrogens is 234 g/mol. The number of rotatable bonds is 1. The maximum Gasteiger partial charge on any atom is 0.586 e. The summed E-state index contributed by atoms with van der Waals surface area (Å²) in [6.45, 7) is 0. The van der Waals surface area contributed by atoms with Gasteiger partial charge in [0.25, 0.3) is 10.1 Å². The lowest BCUT2D eigenvalue weighted by atomic mass is 10.3. The van der Waals surface area contributed by atoms with Gasteiger partial charge in [-0.1, -0.05) is 6.07 Å². The fourth-order valence-electron chi connectivity index (χ4n) is 1.15. The van der Waals surface area contributed by atoms with Gasteiger partial charge in [-0.15, -0.1) is 8.78 Å². The molecule has 82 valence electrons. The van der Waals surface area contributed by atoms with Crippen LogP contribution in [-0.2, 0) is 10.1 Å². The third-order valence-corrected chi connectivity index (χ3v) is 2.55. The van der Waals surface area contributed by atoms with Crippen molar-refractivity contribution < 1.29 is 31.2 Å². The first kappa shape index (κ1) is 10.1. The highest BCUT2D eigenvalue weighted by Crippen LogP contribution is 2.44. The van der Waals surface area contributed by atoms with Crippen molar-refractivity contribution in [3.05, 3.63) is 18.2 Å². The van der Waals surface area contributed by atoms with E-state index in [0.717, 1.165) is 18.2 Å². The number of halogens is 2. The second-order valence-corrected chi connectivity index (χ2v) is 4.12. The lowest BCUT2D eigenvalue weighted by molar-refractivity contribution is -0.287. The van der Waals surface area contributed by atoms with Gasteiger partial charge in [-0.2, -0.15) is 8.42 Å². The molecule has 1 aliphatic heterocycles. The molecule has 2 rings (SSSR count). The van der Waals surface area contributed by atoms with Crippen molar-refractivity contribution in [3.63, 3.8) is 0 Å². The van der Waals surface area contributed by atoms with Crippen LogP contribution in [0.4, 0.5) is 8.78 Å². The van der Waals surface area contributed by atoms with Crippen LogP contribution in [0.1, 0.15) is 0 Å². The zero-order chi connectivity index (χ0) is 11.3. The Bertz CT molecular complexity index is 510. The Morgan fingerprint density at radius 2 is 1.93 bits per heavy atom. The maximum absolute atomic E-state index is 12.6. The van der Waals surface area contributed by atoms with Crippen molar-refractivity contribution in [2.24, 2.45) is 0 Å². The van der Waals surface area contributed by atoms with Gasteiger partial charge in [-0.3, -0.25) is 4.55 Å². The zero-order valence-electron chi connectivity index (χ0n) is 6.98. The quantitative estimate of drug-likeness (QED) is 0.745. The Hall–Kier alpha value is -1.41. The lowest BCUT2D eigenvalue weighted by Crippen LogP contribution is -2.26. The van der Waals surface area contributed by atoms with Crippen LogP contribution in [0.2, 0.25) is 0 Å². The van der Waals surface area contributed by atoms with Crippen LogP contribution in [0, 0.1) is 0 Å². The largest absolute Gasteiger partial charge is 0.586 e. The van der Waals surface area contributed by atoms with Crippen molar-refractivity contribution in [1.82, 2.24) is 0 Å². The summed E-state index contributed by atoms with van der Waals surface area (Å²) in [7, 11) is -4.62. The molecule has 1 N–H and O–H groups in total. The van der Waals surface area contributed by atoms with Crippen molar-refractivity contribution in [2.45, 2.75) is 11.2 Å². The van der Waals surface area contributed by atoms with Crippen LogP contribution in [0.3, 0.4) is 0 Å². The average molecular weight is 238 g/mol. The van der Waals surface area contributed by atoms with Crippen molar-refractivity contribution in [1.29, 1.82) is 0 Å². The summed E-state index contributed by atoms with van der Waals surface area (Å²) < 4.78 is 63.4. The predicted molar refractivity (Wildman–Crippen MR) is 42.5 cm³/mol. The monoisotopic (exact) mass is 238 g/mol. The van der Waals surface area contributed by atoms with E-state index in [-0.39, 0.29) is 0 Å². The van der Waals surface area contributed by atoms with Gasteiger partial charge >= 0.3 is 6.29 Å². The molecule has 0 aromatic heterocycles. The summed E-state index contributed by atoms with van der Waals surface area (Å²) in [5.41, 5.74) is 0. The Morgan fingerprint density at radius 3 is 2.53 bits per heavy atom. The minimum absolute atomic E-state index is 0.435. The van der Waals surface area contributed by atoms with Crippen molar-refractivity contribution in [2.75, 3.05) is 0 Å². The van der Waals surface area contributed by atoms with Crippen LogP contribution in [0.15, 0.2) is 23.1 Å². The Morgan fingerprint density at radius 1 is 1.27 bits per heavy atom. The number of para-hydroxylation sites is 1. The van der Waals surface area contributed by atoms with E-state index in [1.165, 1.54) is 0 Å². The summed E-state index contributed by atoms with van der Waals surface area (Å²) in [6.07, 6.45) is -3.91. The van der Waals surface area contributed by atoms with Gasteiger partial charge in [0.2, 0.25) is 0 Å². The molecule has 8 heteroatoms. The van der Waals surface area contributed by atoms with Gasteiger partial charge in [-0.25, -0.2) is 0 Å². The molecule has 1 aromatic carbocycles. The Labute approximate surface area is 83.0 Å². The summed E-state index contributed by atoms with van der Waals surface area (Å²) >= 11 is 0. The van der Waals surface area contributed by atoms with Crippen LogP contribution in [-0.4, -0.2) is 19.3 Å². The van der Waals surface area contributed by atoms with Crippen molar-refractivity contribution >= 4 is 10.1 Å². The number of ether oxygens (including phenoxy) is 2. The van der Waals surface area contributed by atoms with E-state index in [1.54, 1.807) is 0 Å². The van der Waals surface area contributed by atoms with Crippen LogP contribution in [0.25, 0.3) is 0 Å². The highest BCUT2D eigenvalue weighted by atomic mass is 32.2. The first-order valence-corrected chi connectivity index (χ1v) is 5.10. The number of alkyl halides is 2. The Balaban J connectivity index is 2.61. The van der Waals surface area contributed by atoms with Gasteiger partial charge in [0.15, 0.2) is 11.5 Å². The first-order chi connectivity index (χ1) is 6.80. The molecule has 15 heavy (non-hydrogen) atoms. The molecule has 1 aliphatic rings. The molecule has 0 fully saturated rings. The molecule has 1 aromatic rings. The molecule has 0 bridgehead atoms. The average Bonchev–Trinajstić information content (AvgIpc) is 2.35. The molecule has 5 nitrogen and oxygen atoms in total. The molecule has 0 saturated heterocycles. The van der Waals surface area contributed by atoms with Crippen LogP contribution >= 0.6 is 0 Å². The summed E-state index contributed by atoms with van der Waals surface area (Å²) in [5.74, 6) is -1.12. The first-order valence-electron chi connectivity index (χ1n) is 3.66. The SMILES string of the molecule is O=S(=O)(O)c1cccc2c1OC(F)(F)O2. The zero-order valence-corrected chi connectivity index (χ0v) is 7.79. The molecule has 0 radical (unpaired) electrons. The second-order valence-electron chi connectivity index (χ2n) is 2.73. The number of benzene rings is 1. The Kier molecular flexibility index (Phi) is 1.89. The van der Waals surface area contributed by atoms with E-state index in [1.807, 2.05) is 0 Å². The van der Waals surface area contributed by atoms with E-state index >= 15 is 0 Å². The number of hydrogen-bond acceptors (Lipinski definition) is 4. The normalized spacial score (nSPS) is 17.8. The third kappa shape index (κ3) is 1.73. The van der Waals surface area contributed by atoms with Gasteiger partial charge in [-0.05, 0) is 12.1 Å². The van der Waals surface area contributed by atoms with E-state index in [0.29, 0.717) is 0 Å². The second kappa shape index (κ2) is 2.80. The molecule has 0 spiro atoms. The summed E-state index contributed by atoms with van der Waals surface area (Å²) in [5, 5.41) is 0. The molecule has 1 heterocycles. The summed E-state index contributed by atoms with van der Waals surface area (Å²) in [4.78, 5) is -0.753. The number of hydrogen-bond donors (Lipinski definition) is 1. The predicted octanol–water partition coefficient (Wildman–Crippen LogP) is 1.25. The van der Waals surface area contributed by atoms with E-state index in [9.17, 15) is 17.2 Å². The van der Waals surface area contributed by atoms with Crippen molar-refractivity contribution in [3.8, 4) is 11.5 Å². The standard InChI is InChI=1S/C7H4F2O5S/c8-7(9)13-4-2-1-3-5(6(4)14-7)15(10,11)12/h1-3H,(H,10,11,12). The molecule has 0 atom stereocenters. The van der Waals surface area contributed by atoms with Gasteiger partial charge < -0.3 is 9.47 Å². The minimum atomic E-state index is -4.62. The summed E-state index contributed by atoms with van der Waals surface area (Å²) in [6, 6.07) is 3.18. The van der Waals surface area contributed by atoms with Gasteiger partial charge in [0.05, 0.1) is 0 Å². The fourth-order valence-corrected chi connectivity index (χ4v) is 1.77. The number of fused-ring (bicyclic) bond motifs is 1. The highest BCUT2D eigenvalue weighted by Gasteiger charge is 2.45. The minimum Gasteiger partial charge on any atom is -0.395 e. The molecule has 0 saturated carbocycles. The lowest BCUT2D eigenvalue weighted by Gasteiger charge is -2.05. The van der Waals surface area contributed by atoms with Crippen LogP contribution < -0.4 is 9.47 Å². The maximum atomic E-state index is 12.6. The third-order valence-electron chi connectivity index (χ3n) is 1.67. The molecule has 0 unspecified atom stereocenters. The topological polar surface area (TPSA) is 72.8 Å². The van der Waals surface area contributed by atoms with E-state index in [4.69, 9.17) is 4.55 Å².